The van der Waals surface area contributed by atoms with E-state index in [0.29, 0.717) is 0 Å². The van der Waals surface area contributed by atoms with Gasteiger partial charge in [0.15, 0.2) is 0 Å². The quantitative estimate of drug-likeness (QED) is 0.938. The molecule has 5 nitrogen and oxygen atoms in total. The van der Waals surface area contributed by atoms with Crippen LogP contribution in [0.15, 0.2) is 24.5 Å². The predicted molar refractivity (Wildman–Crippen MR) is 93.6 cm³/mol. The van der Waals surface area contributed by atoms with Crippen LogP contribution in [0.1, 0.15) is 30.0 Å². The molecule has 4 rings (SSSR count). The Morgan fingerprint density at radius 2 is 2.04 bits per heavy atom. The average molecular weight is 327 g/mol. The molecule has 24 heavy (non-hydrogen) atoms. The summed E-state index contributed by atoms with van der Waals surface area (Å²) in [6.07, 6.45) is 8.70. The normalized spacial score (nSPS) is 23.2. The van der Waals surface area contributed by atoms with Crippen molar-refractivity contribution >= 4 is 0 Å². The Bertz CT molecular complexity index is 725. The summed E-state index contributed by atoms with van der Waals surface area (Å²) in [7, 11) is 3.54. The summed E-state index contributed by atoms with van der Waals surface area (Å²) >= 11 is 0. The molecule has 128 valence electrons. The lowest BCUT2D eigenvalue weighted by molar-refractivity contribution is 0.0365. The zero-order chi connectivity index (χ0) is 16.5. The molecule has 1 fully saturated rings. The minimum Gasteiger partial charge on any atom is -0.496 e. The number of hydrogen-bond acceptors (Lipinski definition) is 4. The van der Waals surface area contributed by atoms with Crippen molar-refractivity contribution in [3.8, 4) is 17.1 Å². The Balaban J connectivity index is 1.77. The van der Waals surface area contributed by atoms with Gasteiger partial charge in [0.1, 0.15) is 11.6 Å². The molecule has 1 aliphatic heterocycles. The molecule has 2 aromatic rings. The molecule has 0 amide bonds. The lowest BCUT2D eigenvalue weighted by atomic mass is 10.0. The number of aryl methyl sites for hydroxylation is 2. The molecule has 1 aromatic heterocycles. The number of benzene rings is 1. The third kappa shape index (κ3) is 2.62. The van der Waals surface area contributed by atoms with E-state index < -0.39 is 0 Å². The fraction of sp³-hybridized carbons (Fsp3) is 0.526. The summed E-state index contributed by atoms with van der Waals surface area (Å²) in [5.74, 6) is 1.89. The number of methoxy groups -OCH3 is 2. The first-order valence-electron chi connectivity index (χ1n) is 8.78. The van der Waals surface area contributed by atoms with E-state index in [1.54, 1.807) is 14.2 Å². The summed E-state index contributed by atoms with van der Waals surface area (Å²) in [6, 6.07) is 4.72. The van der Waals surface area contributed by atoms with Crippen LogP contribution < -0.4 is 10.1 Å². The highest BCUT2D eigenvalue weighted by atomic mass is 16.5. The van der Waals surface area contributed by atoms with E-state index >= 15 is 0 Å². The van der Waals surface area contributed by atoms with Crippen molar-refractivity contribution < 1.29 is 9.47 Å². The first-order valence-corrected chi connectivity index (χ1v) is 8.78. The zero-order valence-corrected chi connectivity index (χ0v) is 14.4. The van der Waals surface area contributed by atoms with Gasteiger partial charge >= 0.3 is 0 Å². The Kier molecular flexibility index (Phi) is 4.29. The summed E-state index contributed by atoms with van der Waals surface area (Å²) in [6.45, 7) is 1.90. The second-order valence-corrected chi connectivity index (χ2v) is 6.67. The topological polar surface area (TPSA) is 48.3 Å². The van der Waals surface area contributed by atoms with Crippen LogP contribution in [0.25, 0.3) is 11.4 Å². The molecule has 2 heterocycles. The molecule has 1 N–H and O–H groups in total. The van der Waals surface area contributed by atoms with Gasteiger partial charge in [-0.25, -0.2) is 4.98 Å². The van der Waals surface area contributed by atoms with E-state index in [4.69, 9.17) is 9.47 Å². The van der Waals surface area contributed by atoms with Crippen LogP contribution in [-0.4, -0.2) is 43.0 Å². The van der Waals surface area contributed by atoms with Crippen LogP contribution in [0.3, 0.4) is 0 Å². The fourth-order valence-electron chi connectivity index (χ4n) is 4.10. The van der Waals surface area contributed by atoms with E-state index in [9.17, 15) is 0 Å². The molecule has 0 saturated carbocycles. The van der Waals surface area contributed by atoms with Crippen molar-refractivity contribution in [1.29, 1.82) is 0 Å². The molecule has 0 radical (unpaired) electrons. The molecule has 2 aliphatic rings. The number of imidazole rings is 1. The third-order valence-corrected chi connectivity index (χ3v) is 5.37. The minimum absolute atomic E-state index is 0.208. The molecule has 5 heteroatoms. The van der Waals surface area contributed by atoms with E-state index in [2.05, 4.69) is 33.2 Å². The number of piperidine rings is 1. The molecule has 0 spiro atoms. The molecule has 1 saturated heterocycles. The lowest BCUT2D eigenvalue weighted by Crippen LogP contribution is -2.42. The Labute approximate surface area is 143 Å². The van der Waals surface area contributed by atoms with Gasteiger partial charge < -0.3 is 19.4 Å². The van der Waals surface area contributed by atoms with Gasteiger partial charge in [0.25, 0.3) is 0 Å². The van der Waals surface area contributed by atoms with Crippen LogP contribution in [0.4, 0.5) is 0 Å². The molecule has 1 aliphatic carbocycles. The predicted octanol–water partition coefficient (Wildman–Crippen LogP) is 2.60. The van der Waals surface area contributed by atoms with Gasteiger partial charge in [-0.1, -0.05) is 0 Å². The van der Waals surface area contributed by atoms with E-state index in [1.807, 2.05) is 6.20 Å². The van der Waals surface area contributed by atoms with Crippen molar-refractivity contribution in [2.75, 3.05) is 27.3 Å². The second-order valence-electron chi connectivity index (χ2n) is 6.67. The highest BCUT2D eigenvalue weighted by molar-refractivity contribution is 5.67. The lowest BCUT2D eigenvalue weighted by Gasteiger charge is -2.33. The number of ether oxygens (including phenoxy) is 2. The summed E-state index contributed by atoms with van der Waals surface area (Å²) in [4.78, 5) is 4.66. The second kappa shape index (κ2) is 6.57. The van der Waals surface area contributed by atoms with Gasteiger partial charge in [-0.3, -0.25) is 0 Å². The smallest absolute Gasteiger partial charge is 0.144 e. The molecular formula is C19H25N3O2. The van der Waals surface area contributed by atoms with Crippen molar-refractivity contribution in [2.24, 2.45) is 0 Å². The highest BCUT2D eigenvalue weighted by Gasteiger charge is 2.29. The van der Waals surface area contributed by atoms with Crippen molar-refractivity contribution in [1.82, 2.24) is 14.9 Å². The number of hydrogen-bond donors (Lipinski definition) is 1. The van der Waals surface area contributed by atoms with Crippen LogP contribution >= 0.6 is 0 Å². The van der Waals surface area contributed by atoms with Gasteiger partial charge in [-0.05, 0) is 55.5 Å². The number of rotatable bonds is 4. The van der Waals surface area contributed by atoms with Crippen LogP contribution in [0, 0.1) is 0 Å². The Morgan fingerprint density at radius 3 is 2.83 bits per heavy atom. The number of nitrogens with zero attached hydrogens (tertiary/aromatic N) is 2. The number of nitrogens with one attached hydrogen (secondary N) is 1. The zero-order valence-electron chi connectivity index (χ0n) is 14.4. The van der Waals surface area contributed by atoms with Gasteiger partial charge in [-0.2, -0.15) is 0 Å². The maximum Gasteiger partial charge on any atom is 0.144 e. The summed E-state index contributed by atoms with van der Waals surface area (Å²) in [5.41, 5.74) is 3.94. The summed E-state index contributed by atoms with van der Waals surface area (Å²) < 4.78 is 13.7. The fourth-order valence-corrected chi connectivity index (χ4v) is 4.10. The van der Waals surface area contributed by atoms with Gasteiger partial charge in [0, 0.05) is 26.0 Å². The van der Waals surface area contributed by atoms with Crippen LogP contribution in [0.2, 0.25) is 0 Å². The van der Waals surface area contributed by atoms with Crippen LogP contribution in [0.5, 0.6) is 5.75 Å². The third-order valence-electron chi connectivity index (χ3n) is 5.37. The highest BCUT2D eigenvalue weighted by Crippen LogP contribution is 2.37. The Hall–Kier alpha value is -1.85. The molecular weight excluding hydrogens is 302 g/mol. The largest absolute Gasteiger partial charge is 0.496 e. The number of fused-ring (bicyclic) bond motifs is 1. The average Bonchev–Trinajstić information content (AvgIpc) is 3.28. The van der Waals surface area contributed by atoms with E-state index in [0.717, 1.165) is 49.5 Å². The number of aromatic nitrogens is 2. The molecule has 0 bridgehead atoms. The maximum atomic E-state index is 5.73. The minimum atomic E-state index is 0.208. The van der Waals surface area contributed by atoms with Crippen LogP contribution in [-0.2, 0) is 17.6 Å². The monoisotopic (exact) mass is 327 g/mol. The maximum absolute atomic E-state index is 5.73. The van der Waals surface area contributed by atoms with E-state index in [-0.39, 0.29) is 12.1 Å². The van der Waals surface area contributed by atoms with Crippen molar-refractivity contribution in [2.45, 2.75) is 37.8 Å². The van der Waals surface area contributed by atoms with Gasteiger partial charge in [0.2, 0.25) is 0 Å². The van der Waals surface area contributed by atoms with Crippen molar-refractivity contribution in [3.05, 3.63) is 35.7 Å². The van der Waals surface area contributed by atoms with E-state index in [1.165, 1.54) is 17.5 Å². The first-order chi connectivity index (χ1) is 11.8. The standard InChI is InChI=1S/C19H25N3O2/c1-23-17-6-7-20-12-16(17)22-9-8-21-19(22)15-10-13-4-3-5-14(13)11-18(15)24-2/h8-11,16-17,20H,3-7,12H2,1-2H3/t16-,17+/m1/s1. The Morgan fingerprint density at radius 1 is 1.21 bits per heavy atom. The summed E-state index contributed by atoms with van der Waals surface area (Å²) in [5, 5.41) is 3.48. The van der Waals surface area contributed by atoms with Crippen molar-refractivity contribution in [3.63, 3.8) is 0 Å². The van der Waals surface area contributed by atoms with Gasteiger partial charge in [0.05, 0.1) is 24.8 Å². The first kappa shape index (κ1) is 15.7. The molecule has 2 atom stereocenters. The molecule has 1 aromatic carbocycles. The van der Waals surface area contributed by atoms with Gasteiger partial charge in [-0.15, -0.1) is 0 Å². The molecule has 0 unspecified atom stereocenters. The SMILES string of the molecule is COc1cc2c(cc1-c1nccn1[C@@H]1CNCC[C@@H]1OC)CCC2.